The molecule has 0 unspecified atom stereocenters. The first-order valence-corrected chi connectivity index (χ1v) is 11.6. The molecule has 0 spiro atoms. The molecule has 0 fully saturated rings. The van der Waals surface area contributed by atoms with E-state index in [0.29, 0.717) is 11.5 Å². The molecule has 0 saturated heterocycles. The van der Waals surface area contributed by atoms with Crippen LogP contribution in [0.2, 0.25) is 0 Å². The van der Waals surface area contributed by atoms with Gasteiger partial charge in [-0.15, -0.1) is 0 Å². The predicted octanol–water partition coefficient (Wildman–Crippen LogP) is 8.17. The SMILES string of the molecule is CC(C)(C)/[N+]([O-])=C\c1ccc(/C=C/c2cc(Oc3ccccc3)cc(Oc3ccccc3)c2)cc1. The molecule has 4 rings (SSSR count). The van der Waals surface area contributed by atoms with Crippen molar-refractivity contribution >= 4 is 18.4 Å². The third kappa shape index (κ3) is 7.08. The Morgan fingerprint density at radius 1 is 0.571 bits per heavy atom. The van der Waals surface area contributed by atoms with Crippen LogP contribution in [0.3, 0.4) is 0 Å². The highest BCUT2D eigenvalue weighted by atomic mass is 16.5. The van der Waals surface area contributed by atoms with Crippen LogP contribution in [0.5, 0.6) is 23.0 Å². The van der Waals surface area contributed by atoms with E-state index in [9.17, 15) is 5.21 Å². The topological polar surface area (TPSA) is 44.5 Å². The minimum atomic E-state index is -0.467. The molecule has 0 bridgehead atoms. The van der Waals surface area contributed by atoms with E-state index in [1.807, 2.05) is 136 Å². The number of rotatable bonds is 7. The zero-order valence-corrected chi connectivity index (χ0v) is 20.2. The van der Waals surface area contributed by atoms with Gasteiger partial charge in [0.05, 0.1) is 0 Å². The van der Waals surface area contributed by atoms with Crippen molar-refractivity contribution in [2.75, 3.05) is 0 Å². The lowest BCUT2D eigenvalue weighted by Crippen LogP contribution is -2.29. The average molecular weight is 464 g/mol. The Hall–Kier alpha value is -4.31. The molecular formula is C31H29NO3. The number of para-hydroxylation sites is 2. The number of hydrogen-bond donors (Lipinski definition) is 0. The van der Waals surface area contributed by atoms with E-state index in [1.54, 1.807) is 6.21 Å². The van der Waals surface area contributed by atoms with Crippen LogP contribution < -0.4 is 9.47 Å². The van der Waals surface area contributed by atoms with Crippen LogP contribution in [-0.2, 0) is 0 Å². The lowest BCUT2D eigenvalue weighted by Gasteiger charge is -2.18. The number of ether oxygens (including phenoxy) is 2. The Bertz CT molecular complexity index is 1240. The predicted molar refractivity (Wildman–Crippen MR) is 143 cm³/mol. The van der Waals surface area contributed by atoms with Gasteiger partial charge < -0.3 is 14.7 Å². The van der Waals surface area contributed by atoms with Gasteiger partial charge in [0.1, 0.15) is 23.0 Å². The summed E-state index contributed by atoms with van der Waals surface area (Å²) in [6.45, 7) is 5.66. The monoisotopic (exact) mass is 463 g/mol. The fraction of sp³-hybridized carbons (Fsp3) is 0.129. The molecule has 0 atom stereocenters. The van der Waals surface area contributed by atoms with Gasteiger partial charge in [-0.05, 0) is 59.7 Å². The van der Waals surface area contributed by atoms with Crippen LogP contribution in [0.25, 0.3) is 12.2 Å². The molecule has 0 radical (unpaired) electrons. The summed E-state index contributed by atoms with van der Waals surface area (Å²) in [5, 5.41) is 12.2. The second kappa shape index (κ2) is 10.7. The molecule has 4 aromatic rings. The lowest BCUT2D eigenvalue weighted by molar-refractivity contribution is -0.530. The first kappa shape index (κ1) is 23.8. The van der Waals surface area contributed by atoms with E-state index in [0.717, 1.165) is 32.9 Å². The van der Waals surface area contributed by atoms with Gasteiger partial charge in [0.15, 0.2) is 11.8 Å². The van der Waals surface area contributed by atoms with E-state index >= 15 is 0 Å². The average Bonchev–Trinajstić information content (AvgIpc) is 2.84. The van der Waals surface area contributed by atoms with Gasteiger partial charge >= 0.3 is 0 Å². The van der Waals surface area contributed by atoms with Crippen LogP contribution in [-0.4, -0.2) is 16.5 Å². The zero-order chi connectivity index (χ0) is 24.7. The van der Waals surface area contributed by atoms with E-state index in [2.05, 4.69) is 0 Å². The van der Waals surface area contributed by atoms with Crippen molar-refractivity contribution in [2.45, 2.75) is 26.3 Å². The van der Waals surface area contributed by atoms with Crippen molar-refractivity contribution in [1.82, 2.24) is 0 Å². The van der Waals surface area contributed by atoms with Gasteiger partial charge in [0.2, 0.25) is 0 Å². The van der Waals surface area contributed by atoms with Crippen molar-refractivity contribution in [3.05, 3.63) is 125 Å². The molecule has 0 saturated carbocycles. The smallest absolute Gasteiger partial charge is 0.182 e. The summed E-state index contributed by atoms with van der Waals surface area (Å²) in [4.78, 5) is 0. The van der Waals surface area contributed by atoms with Gasteiger partial charge in [-0.1, -0.05) is 60.7 Å². The lowest BCUT2D eigenvalue weighted by atomic mass is 10.1. The zero-order valence-electron chi connectivity index (χ0n) is 20.2. The summed E-state index contributed by atoms with van der Waals surface area (Å²) in [5.41, 5.74) is 2.36. The molecular weight excluding hydrogens is 434 g/mol. The molecule has 4 heteroatoms. The summed E-state index contributed by atoms with van der Waals surface area (Å²) in [6.07, 6.45) is 5.66. The van der Waals surface area contributed by atoms with Gasteiger partial charge in [-0.25, -0.2) is 4.74 Å². The van der Waals surface area contributed by atoms with E-state index in [-0.39, 0.29) is 0 Å². The number of nitrogens with zero attached hydrogens (tertiary/aromatic N) is 1. The molecule has 0 heterocycles. The van der Waals surface area contributed by atoms with E-state index in [1.165, 1.54) is 0 Å². The van der Waals surface area contributed by atoms with Gasteiger partial charge in [-0.2, -0.15) is 0 Å². The summed E-state index contributed by atoms with van der Waals surface area (Å²) in [6, 6.07) is 33.0. The van der Waals surface area contributed by atoms with Crippen molar-refractivity contribution < 1.29 is 14.2 Å². The Labute approximate surface area is 207 Å². The second-order valence-corrected chi connectivity index (χ2v) is 9.19. The van der Waals surface area contributed by atoms with Crippen LogP contribution in [0.15, 0.2) is 103 Å². The molecule has 0 aliphatic rings. The van der Waals surface area contributed by atoms with Crippen LogP contribution >= 0.6 is 0 Å². The third-order valence-electron chi connectivity index (χ3n) is 5.19. The van der Waals surface area contributed by atoms with Gasteiger partial charge in [0.25, 0.3) is 0 Å². The summed E-state index contributed by atoms with van der Waals surface area (Å²) in [7, 11) is 0. The molecule has 176 valence electrons. The fourth-order valence-electron chi connectivity index (χ4n) is 3.27. The van der Waals surface area contributed by atoms with Gasteiger partial charge in [-0.3, -0.25) is 0 Å². The molecule has 0 aliphatic carbocycles. The van der Waals surface area contributed by atoms with Crippen LogP contribution in [0, 0.1) is 5.21 Å². The van der Waals surface area contributed by atoms with Crippen molar-refractivity contribution in [3.8, 4) is 23.0 Å². The highest BCUT2D eigenvalue weighted by Crippen LogP contribution is 2.31. The van der Waals surface area contributed by atoms with Crippen molar-refractivity contribution in [1.29, 1.82) is 0 Å². The Morgan fingerprint density at radius 2 is 1.03 bits per heavy atom. The number of benzene rings is 4. The Morgan fingerprint density at radius 3 is 1.51 bits per heavy atom. The van der Waals surface area contributed by atoms with Crippen molar-refractivity contribution in [2.24, 2.45) is 0 Å². The van der Waals surface area contributed by atoms with Crippen LogP contribution in [0.1, 0.15) is 37.5 Å². The summed E-state index contributed by atoms with van der Waals surface area (Å²) >= 11 is 0. The first-order valence-electron chi connectivity index (χ1n) is 11.6. The maximum absolute atomic E-state index is 12.2. The minimum absolute atomic E-state index is 0.467. The molecule has 4 nitrogen and oxygen atoms in total. The van der Waals surface area contributed by atoms with E-state index < -0.39 is 5.54 Å². The molecule has 0 aromatic heterocycles. The fourth-order valence-corrected chi connectivity index (χ4v) is 3.27. The standard InChI is InChI=1S/C31H29NO3/c1-31(2,3)32(33)23-25-17-14-24(15-18-25)16-19-26-20-29(34-27-10-6-4-7-11-27)22-30(21-26)35-28-12-8-5-9-13-28/h4-23H,1-3H3/b19-16+,32-23+. The largest absolute Gasteiger partial charge is 0.623 e. The number of hydroxylamine groups is 1. The molecule has 0 N–H and O–H groups in total. The van der Waals surface area contributed by atoms with Crippen LogP contribution in [0.4, 0.5) is 0 Å². The Balaban J connectivity index is 1.57. The van der Waals surface area contributed by atoms with Gasteiger partial charge in [0, 0.05) is 32.4 Å². The normalized spacial score (nSPS) is 12.0. The molecule has 0 aliphatic heterocycles. The highest BCUT2D eigenvalue weighted by molar-refractivity contribution is 5.78. The first-order chi connectivity index (χ1) is 16.8. The minimum Gasteiger partial charge on any atom is -0.623 e. The Kier molecular flexibility index (Phi) is 7.32. The number of hydrogen-bond acceptors (Lipinski definition) is 3. The van der Waals surface area contributed by atoms with E-state index in [4.69, 9.17) is 9.47 Å². The molecule has 4 aromatic carbocycles. The summed E-state index contributed by atoms with van der Waals surface area (Å²) < 4.78 is 13.1. The molecule has 35 heavy (non-hydrogen) atoms. The maximum atomic E-state index is 12.2. The quantitative estimate of drug-likeness (QED) is 0.0913. The summed E-state index contributed by atoms with van der Waals surface area (Å²) in [5.74, 6) is 2.89. The second-order valence-electron chi connectivity index (χ2n) is 9.19. The maximum Gasteiger partial charge on any atom is 0.182 e. The highest BCUT2D eigenvalue weighted by Gasteiger charge is 2.17. The molecule has 0 amide bonds. The third-order valence-corrected chi connectivity index (χ3v) is 5.19. The van der Waals surface area contributed by atoms with Crippen molar-refractivity contribution in [3.63, 3.8) is 0 Å².